The summed E-state index contributed by atoms with van der Waals surface area (Å²) in [7, 11) is 0. The van der Waals surface area contributed by atoms with Gasteiger partial charge in [0.15, 0.2) is 17.4 Å². The van der Waals surface area contributed by atoms with Gasteiger partial charge < -0.3 is 29.5 Å². The van der Waals surface area contributed by atoms with E-state index >= 15 is 0 Å². The summed E-state index contributed by atoms with van der Waals surface area (Å²) in [5, 5.41) is 20.8. The molecule has 0 radical (unpaired) electrons. The second-order valence-electron chi connectivity index (χ2n) is 12.9. The second-order valence-corrected chi connectivity index (χ2v) is 13.7. The van der Waals surface area contributed by atoms with Crippen LogP contribution in [0, 0.1) is 23.4 Å². The first-order chi connectivity index (χ1) is 24.3. The van der Waals surface area contributed by atoms with Crippen molar-refractivity contribution in [1.29, 1.82) is 0 Å². The third-order valence-corrected chi connectivity index (χ3v) is 10.1. The smallest absolute Gasteiger partial charge is 0.408 e. The molecule has 15 heteroatoms. The number of halogens is 5. The Morgan fingerprint density at radius 3 is 2.27 bits per heavy atom. The number of carboxylic acid groups (broad SMARTS) is 2. The lowest BCUT2D eigenvalue weighted by molar-refractivity contribution is -0.129. The van der Waals surface area contributed by atoms with E-state index in [0.717, 1.165) is 23.8 Å². The van der Waals surface area contributed by atoms with Crippen LogP contribution in [0.1, 0.15) is 37.3 Å². The average Bonchev–Trinajstić information content (AvgIpc) is 3.94. The summed E-state index contributed by atoms with van der Waals surface area (Å²) in [6, 6.07) is 11.5. The molecule has 2 N–H and O–H groups in total. The zero-order valence-electron chi connectivity index (χ0n) is 27.3. The molecule has 1 saturated carbocycles. The van der Waals surface area contributed by atoms with Crippen LogP contribution in [-0.4, -0.2) is 87.4 Å². The van der Waals surface area contributed by atoms with Crippen molar-refractivity contribution in [1.82, 2.24) is 14.7 Å². The number of piperazine rings is 1. The first-order valence-electron chi connectivity index (χ1n) is 16.3. The number of hydrogen-bond donors (Lipinski definition) is 2. The van der Waals surface area contributed by atoms with E-state index in [4.69, 9.17) is 32.7 Å². The Kier molecular flexibility index (Phi) is 10.6. The number of rotatable bonds is 11. The Balaban J connectivity index is 1.27. The van der Waals surface area contributed by atoms with Crippen LogP contribution in [-0.2, 0) is 11.3 Å². The highest BCUT2D eigenvalue weighted by Gasteiger charge is 2.49. The van der Waals surface area contributed by atoms with Crippen molar-refractivity contribution in [2.45, 2.75) is 50.9 Å². The summed E-state index contributed by atoms with van der Waals surface area (Å²) >= 11 is 12.8. The van der Waals surface area contributed by atoms with E-state index in [9.17, 15) is 37.8 Å². The third kappa shape index (κ3) is 7.69. The molecule has 2 fully saturated rings. The van der Waals surface area contributed by atoms with Crippen LogP contribution in [0.25, 0.3) is 5.57 Å². The van der Waals surface area contributed by atoms with Crippen LogP contribution >= 0.6 is 23.2 Å². The molecule has 1 saturated heterocycles. The van der Waals surface area contributed by atoms with Gasteiger partial charge >= 0.3 is 12.2 Å². The molecular formula is C36H34Cl2F3N3O7. The monoisotopic (exact) mass is 747 g/mol. The lowest BCUT2D eigenvalue weighted by Gasteiger charge is -2.49. The van der Waals surface area contributed by atoms with Crippen LogP contribution < -0.4 is 9.47 Å². The Labute approximate surface area is 301 Å². The fourth-order valence-electron chi connectivity index (χ4n) is 6.57. The molecule has 3 amide bonds. The van der Waals surface area contributed by atoms with Gasteiger partial charge in [0.05, 0.1) is 35.3 Å². The van der Waals surface area contributed by atoms with Crippen LogP contribution in [0.2, 0.25) is 10.0 Å². The summed E-state index contributed by atoms with van der Waals surface area (Å²) in [6.45, 7) is 1.52. The molecular weight excluding hydrogens is 714 g/mol. The van der Waals surface area contributed by atoms with E-state index in [-0.39, 0.29) is 56.8 Å². The highest BCUT2D eigenvalue weighted by atomic mass is 35.5. The number of ether oxygens (including phenoxy) is 2. The highest BCUT2D eigenvalue weighted by Crippen LogP contribution is 2.42. The van der Waals surface area contributed by atoms with E-state index in [2.05, 4.69) is 0 Å². The van der Waals surface area contributed by atoms with Gasteiger partial charge in [0.1, 0.15) is 5.75 Å². The van der Waals surface area contributed by atoms with Crippen molar-refractivity contribution in [3.63, 3.8) is 0 Å². The minimum absolute atomic E-state index is 0.0574. The van der Waals surface area contributed by atoms with Gasteiger partial charge in [-0.05, 0) is 66.3 Å². The predicted molar refractivity (Wildman–Crippen MR) is 182 cm³/mol. The number of nitrogens with zero attached hydrogens (tertiary/aromatic N) is 3. The molecule has 10 nitrogen and oxygen atoms in total. The number of carbonyl (C=O) groups excluding carboxylic acids is 1. The lowest BCUT2D eigenvalue weighted by Crippen LogP contribution is -2.65. The normalized spacial score (nSPS) is 19.1. The van der Waals surface area contributed by atoms with Crippen molar-refractivity contribution in [2.75, 3.05) is 26.3 Å². The number of fused-ring (bicyclic) bond motifs is 2. The first-order valence-corrected chi connectivity index (χ1v) is 17.0. The molecule has 2 heterocycles. The Morgan fingerprint density at radius 1 is 0.922 bits per heavy atom. The largest absolute Gasteiger partial charge is 0.493 e. The van der Waals surface area contributed by atoms with Crippen molar-refractivity contribution in [3.05, 3.63) is 98.8 Å². The van der Waals surface area contributed by atoms with Gasteiger partial charge in [-0.25, -0.2) is 18.4 Å². The molecule has 2 aliphatic heterocycles. The van der Waals surface area contributed by atoms with Crippen LogP contribution in [0.4, 0.5) is 22.8 Å². The van der Waals surface area contributed by atoms with E-state index in [1.165, 1.54) is 4.90 Å². The fourth-order valence-corrected chi connectivity index (χ4v) is 6.95. The van der Waals surface area contributed by atoms with E-state index in [0.29, 0.717) is 38.6 Å². The molecule has 3 atom stereocenters. The van der Waals surface area contributed by atoms with E-state index in [1.54, 1.807) is 54.3 Å². The van der Waals surface area contributed by atoms with Crippen molar-refractivity contribution in [2.24, 2.45) is 5.92 Å². The minimum atomic E-state index is -1.41. The Bertz CT molecular complexity index is 1880. The maximum absolute atomic E-state index is 14.7. The number of hydrogen-bond acceptors (Lipinski definition) is 5. The quantitative estimate of drug-likeness (QED) is 0.194. The number of carbonyl (C=O) groups is 3. The molecule has 3 aromatic carbocycles. The van der Waals surface area contributed by atoms with Crippen LogP contribution in [0.5, 0.6) is 11.5 Å². The summed E-state index contributed by atoms with van der Waals surface area (Å²) in [6.07, 6.45) is -0.884. The van der Waals surface area contributed by atoms with Gasteiger partial charge in [-0.1, -0.05) is 54.4 Å². The summed E-state index contributed by atoms with van der Waals surface area (Å²) < 4.78 is 52.5. The van der Waals surface area contributed by atoms with Crippen LogP contribution in [0.3, 0.4) is 0 Å². The summed E-state index contributed by atoms with van der Waals surface area (Å²) in [5.41, 5.74) is 2.06. The highest BCUT2D eigenvalue weighted by molar-refractivity contribution is 6.42. The standard InChI is InChI=1S/C36H34Cl2F3N3O7/c1-19(18-51-33-28(40)12-11-27(39)32(33)41)17-50-24-9-5-20(6-10-24)25-13-23-15-42(35(46)47)16-29(44(23)36(48)49)30(25)34(45)43(22-7-8-22)14-21-3-2-4-26(37)31(21)38/h2-6,9-12,19,22-23,29H,7-8,13-18H2,1H3,(H,46,47)(H,48,49)/t19-,23-,29-/m0/s1. The van der Waals surface area contributed by atoms with Crippen molar-refractivity contribution >= 4 is 46.9 Å². The van der Waals surface area contributed by atoms with Gasteiger partial charge in [-0.15, -0.1) is 0 Å². The summed E-state index contributed by atoms with van der Waals surface area (Å²) in [4.78, 5) is 43.4. The molecule has 0 aromatic heterocycles. The van der Waals surface area contributed by atoms with Gasteiger partial charge in [0, 0.05) is 37.2 Å². The molecule has 3 aliphatic rings. The second kappa shape index (κ2) is 14.9. The van der Waals surface area contributed by atoms with E-state index in [1.807, 2.05) is 0 Å². The molecule has 0 unspecified atom stereocenters. The number of benzene rings is 3. The average molecular weight is 749 g/mol. The zero-order valence-corrected chi connectivity index (χ0v) is 28.8. The van der Waals surface area contributed by atoms with Gasteiger partial charge in [0.2, 0.25) is 5.82 Å². The fraction of sp³-hybridized carbons (Fsp3) is 0.361. The van der Waals surface area contributed by atoms with Gasteiger partial charge in [0.25, 0.3) is 5.91 Å². The zero-order chi connectivity index (χ0) is 36.6. The van der Waals surface area contributed by atoms with Crippen LogP contribution in [0.15, 0.2) is 60.2 Å². The minimum Gasteiger partial charge on any atom is -0.493 e. The van der Waals surface area contributed by atoms with Crippen molar-refractivity contribution in [3.8, 4) is 11.5 Å². The first kappa shape index (κ1) is 36.2. The SMILES string of the molecule is C[C@@H](COc1ccc(C2=C(C(=O)N(Cc3cccc(Cl)c3Cl)C3CC3)[C@@H]3CN(C(=O)O)C[C@H](C2)N3C(=O)O)cc1)COc1c(F)ccc(F)c1F. The maximum atomic E-state index is 14.7. The third-order valence-electron chi connectivity index (χ3n) is 9.25. The Hall–Kier alpha value is -4.62. The van der Waals surface area contributed by atoms with Crippen molar-refractivity contribution < 1.29 is 47.2 Å². The molecule has 1 aliphatic carbocycles. The molecule has 0 spiro atoms. The van der Waals surface area contributed by atoms with Gasteiger partial charge in [-0.2, -0.15) is 4.39 Å². The molecule has 51 heavy (non-hydrogen) atoms. The van der Waals surface area contributed by atoms with E-state index < -0.39 is 53.4 Å². The molecule has 3 aromatic rings. The topological polar surface area (TPSA) is 120 Å². The van der Waals surface area contributed by atoms with Gasteiger partial charge in [-0.3, -0.25) is 9.69 Å². The molecule has 2 bridgehead atoms. The predicted octanol–water partition coefficient (Wildman–Crippen LogP) is 7.56. The number of amides is 3. The summed E-state index contributed by atoms with van der Waals surface area (Å²) in [5.74, 6) is -4.77. The Morgan fingerprint density at radius 2 is 1.61 bits per heavy atom. The lowest BCUT2D eigenvalue weighted by atomic mass is 9.81. The maximum Gasteiger partial charge on any atom is 0.408 e. The molecule has 6 rings (SSSR count). The molecule has 270 valence electrons.